The molecule has 0 saturated carbocycles. The zero-order valence-corrected chi connectivity index (χ0v) is 13.7. The fourth-order valence-electron chi connectivity index (χ4n) is 2.21. The van der Waals surface area contributed by atoms with Crippen LogP contribution in [-0.2, 0) is 11.2 Å². The van der Waals surface area contributed by atoms with Crippen molar-refractivity contribution in [3.05, 3.63) is 59.1 Å². The van der Waals surface area contributed by atoms with Gasteiger partial charge in [0.2, 0.25) is 0 Å². The highest BCUT2D eigenvalue weighted by Crippen LogP contribution is 2.21. The maximum absolute atomic E-state index is 11.8. The number of nitriles is 1. The third kappa shape index (κ3) is 3.89. The number of nitrogens with zero attached hydrogens (tertiary/aromatic N) is 2. The molecule has 1 N–H and O–H groups in total. The molecule has 24 heavy (non-hydrogen) atoms. The summed E-state index contributed by atoms with van der Waals surface area (Å²) in [6, 6.07) is 16.8. The Labute approximate surface area is 143 Å². The smallest absolute Gasteiger partial charge is 0.257 e. The molecule has 3 rings (SSSR count). The minimum absolute atomic E-state index is 0.113. The number of fused-ring (bicyclic) bond motifs is 1. The van der Waals surface area contributed by atoms with Crippen molar-refractivity contribution in [1.82, 2.24) is 10.3 Å². The van der Waals surface area contributed by atoms with Crippen molar-refractivity contribution in [3.8, 4) is 11.8 Å². The van der Waals surface area contributed by atoms with Gasteiger partial charge in [0.05, 0.1) is 20.8 Å². The molecule has 0 fully saturated rings. The zero-order valence-electron chi connectivity index (χ0n) is 12.9. The van der Waals surface area contributed by atoms with E-state index in [0.29, 0.717) is 24.3 Å². The molecule has 1 heterocycles. The van der Waals surface area contributed by atoms with E-state index in [9.17, 15) is 4.79 Å². The Kier molecular flexibility index (Phi) is 5.04. The van der Waals surface area contributed by atoms with Crippen LogP contribution in [0.2, 0.25) is 0 Å². The van der Waals surface area contributed by atoms with Gasteiger partial charge in [-0.1, -0.05) is 24.3 Å². The van der Waals surface area contributed by atoms with Gasteiger partial charge >= 0.3 is 0 Å². The molecule has 0 saturated heterocycles. The van der Waals surface area contributed by atoms with E-state index in [2.05, 4.69) is 10.3 Å². The average Bonchev–Trinajstić information content (AvgIpc) is 3.03. The van der Waals surface area contributed by atoms with Crippen LogP contribution in [0.4, 0.5) is 0 Å². The topological polar surface area (TPSA) is 75.0 Å². The van der Waals surface area contributed by atoms with Crippen LogP contribution in [0.5, 0.6) is 5.75 Å². The lowest BCUT2D eigenvalue weighted by Gasteiger charge is -2.07. The maximum atomic E-state index is 11.8. The molecule has 0 spiro atoms. The summed E-state index contributed by atoms with van der Waals surface area (Å²) in [5, 5.41) is 12.8. The Hall–Kier alpha value is -2.91. The van der Waals surface area contributed by atoms with Gasteiger partial charge in [0.15, 0.2) is 6.61 Å². The van der Waals surface area contributed by atoms with E-state index in [1.54, 1.807) is 35.6 Å². The number of hydrogen-bond donors (Lipinski definition) is 1. The first-order valence-electron chi connectivity index (χ1n) is 7.49. The van der Waals surface area contributed by atoms with Crippen LogP contribution < -0.4 is 10.1 Å². The monoisotopic (exact) mass is 337 g/mol. The van der Waals surface area contributed by atoms with Gasteiger partial charge in [-0.15, -0.1) is 11.3 Å². The SMILES string of the molecule is N#Cc1ccccc1OCC(=O)NCCc1nc2ccccc2s1. The number of benzene rings is 2. The highest BCUT2D eigenvalue weighted by molar-refractivity contribution is 7.18. The molecule has 0 aliphatic rings. The second-order valence-electron chi connectivity index (χ2n) is 5.07. The molecule has 0 atom stereocenters. The number of carbonyl (C=O) groups is 1. The summed E-state index contributed by atoms with van der Waals surface area (Å²) in [6.45, 7) is 0.389. The van der Waals surface area contributed by atoms with Crippen LogP contribution in [0.15, 0.2) is 48.5 Å². The van der Waals surface area contributed by atoms with Gasteiger partial charge in [-0.3, -0.25) is 4.79 Å². The van der Waals surface area contributed by atoms with Crippen LogP contribution >= 0.6 is 11.3 Å². The van der Waals surface area contributed by atoms with Crippen LogP contribution in [0.3, 0.4) is 0 Å². The van der Waals surface area contributed by atoms with Gasteiger partial charge in [0.1, 0.15) is 11.8 Å². The van der Waals surface area contributed by atoms with Gasteiger partial charge in [0, 0.05) is 13.0 Å². The Bertz CT molecular complexity index is 865. The van der Waals surface area contributed by atoms with Crippen LogP contribution in [-0.4, -0.2) is 24.0 Å². The Morgan fingerprint density at radius 3 is 2.83 bits per heavy atom. The summed E-state index contributed by atoms with van der Waals surface area (Å²) in [5.41, 5.74) is 1.40. The lowest BCUT2D eigenvalue weighted by Crippen LogP contribution is -2.30. The number of nitrogens with one attached hydrogen (secondary N) is 1. The maximum Gasteiger partial charge on any atom is 0.257 e. The van der Waals surface area contributed by atoms with E-state index < -0.39 is 0 Å². The van der Waals surface area contributed by atoms with Gasteiger partial charge < -0.3 is 10.1 Å². The largest absolute Gasteiger partial charge is 0.482 e. The lowest BCUT2D eigenvalue weighted by molar-refractivity contribution is -0.123. The van der Waals surface area contributed by atoms with Crippen molar-refractivity contribution in [2.24, 2.45) is 0 Å². The second-order valence-corrected chi connectivity index (χ2v) is 6.19. The van der Waals surface area contributed by atoms with E-state index in [-0.39, 0.29) is 12.5 Å². The highest BCUT2D eigenvalue weighted by Gasteiger charge is 2.07. The first-order valence-corrected chi connectivity index (χ1v) is 8.31. The van der Waals surface area contributed by atoms with Gasteiger partial charge in [-0.2, -0.15) is 5.26 Å². The molecule has 2 aromatic carbocycles. The number of para-hydroxylation sites is 2. The normalized spacial score (nSPS) is 10.3. The number of rotatable bonds is 6. The number of aromatic nitrogens is 1. The quantitative estimate of drug-likeness (QED) is 0.750. The van der Waals surface area contributed by atoms with Crippen molar-refractivity contribution < 1.29 is 9.53 Å². The third-order valence-electron chi connectivity index (χ3n) is 3.37. The first-order chi connectivity index (χ1) is 11.8. The number of hydrogen-bond acceptors (Lipinski definition) is 5. The predicted octanol–water partition coefficient (Wildman–Crippen LogP) is 2.91. The fraction of sp³-hybridized carbons (Fsp3) is 0.167. The molecular weight excluding hydrogens is 322 g/mol. The molecule has 1 aromatic heterocycles. The molecule has 3 aromatic rings. The minimum atomic E-state index is -0.219. The molecule has 0 radical (unpaired) electrons. The number of ether oxygens (including phenoxy) is 1. The molecule has 6 heteroatoms. The van der Waals surface area contributed by atoms with Crippen molar-refractivity contribution in [3.63, 3.8) is 0 Å². The first kappa shape index (κ1) is 16.0. The average molecular weight is 337 g/mol. The van der Waals surface area contributed by atoms with Crippen molar-refractivity contribution >= 4 is 27.5 Å². The Morgan fingerprint density at radius 1 is 1.21 bits per heavy atom. The van der Waals surface area contributed by atoms with E-state index in [0.717, 1.165) is 15.2 Å². The van der Waals surface area contributed by atoms with Gasteiger partial charge in [0.25, 0.3) is 5.91 Å². The predicted molar refractivity (Wildman–Crippen MR) is 93.0 cm³/mol. The summed E-state index contributed by atoms with van der Waals surface area (Å²) in [7, 11) is 0. The molecule has 5 nitrogen and oxygen atoms in total. The number of thiazole rings is 1. The lowest BCUT2D eigenvalue weighted by atomic mass is 10.2. The van der Waals surface area contributed by atoms with Crippen molar-refractivity contribution in [2.45, 2.75) is 6.42 Å². The summed E-state index contributed by atoms with van der Waals surface area (Å²) in [4.78, 5) is 16.4. The van der Waals surface area contributed by atoms with Gasteiger partial charge in [-0.25, -0.2) is 4.98 Å². The van der Waals surface area contributed by atoms with Crippen LogP contribution in [0.1, 0.15) is 10.6 Å². The number of carbonyl (C=O) groups excluding carboxylic acids is 1. The molecule has 0 aliphatic heterocycles. The molecule has 0 bridgehead atoms. The van der Waals surface area contributed by atoms with Gasteiger partial charge in [-0.05, 0) is 24.3 Å². The summed E-state index contributed by atoms with van der Waals surface area (Å²) in [6.07, 6.45) is 0.680. The second kappa shape index (κ2) is 7.57. The molecule has 0 aliphatic carbocycles. The molecular formula is C18H15N3O2S. The van der Waals surface area contributed by atoms with E-state index in [1.165, 1.54) is 0 Å². The van der Waals surface area contributed by atoms with Crippen molar-refractivity contribution in [1.29, 1.82) is 5.26 Å². The highest BCUT2D eigenvalue weighted by atomic mass is 32.1. The summed E-state index contributed by atoms with van der Waals surface area (Å²) < 4.78 is 6.54. The number of amides is 1. The van der Waals surface area contributed by atoms with Crippen LogP contribution in [0.25, 0.3) is 10.2 Å². The Balaban J connectivity index is 1.46. The third-order valence-corrected chi connectivity index (χ3v) is 4.46. The summed E-state index contributed by atoms with van der Waals surface area (Å²) >= 11 is 1.63. The standard InChI is InChI=1S/C18H15N3O2S/c19-11-13-5-1-3-7-15(13)23-12-17(22)20-10-9-18-21-14-6-2-4-8-16(14)24-18/h1-8H,9-10,12H2,(H,20,22). The minimum Gasteiger partial charge on any atom is -0.482 e. The van der Waals surface area contributed by atoms with Crippen LogP contribution in [0, 0.1) is 11.3 Å². The van der Waals surface area contributed by atoms with E-state index >= 15 is 0 Å². The summed E-state index contributed by atoms with van der Waals surface area (Å²) in [5.74, 6) is 0.199. The zero-order chi connectivity index (χ0) is 16.8. The fourth-order valence-corrected chi connectivity index (χ4v) is 3.18. The van der Waals surface area contributed by atoms with E-state index in [4.69, 9.17) is 10.00 Å². The Morgan fingerprint density at radius 2 is 2.00 bits per heavy atom. The molecule has 1 amide bonds. The van der Waals surface area contributed by atoms with E-state index in [1.807, 2.05) is 30.3 Å². The van der Waals surface area contributed by atoms with Crippen molar-refractivity contribution in [2.75, 3.05) is 13.2 Å². The molecule has 120 valence electrons. The molecule has 0 unspecified atom stereocenters.